The lowest BCUT2D eigenvalue weighted by atomic mass is 10.1. The van der Waals surface area contributed by atoms with Gasteiger partial charge in [0.1, 0.15) is 5.75 Å². The third-order valence-corrected chi connectivity index (χ3v) is 4.83. The fourth-order valence-corrected chi connectivity index (χ4v) is 3.26. The number of amides is 1. The first kappa shape index (κ1) is 19.9. The third kappa shape index (κ3) is 5.34. The van der Waals surface area contributed by atoms with Gasteiger partial charge in [-0.15, -0.1) is 24.5 Å². The number of benzene rings is 2. The second-order valence-corrected chi connectivity index (χ2v) is 6.85. The van der Waals surface area contributed by atoms with E-state index in [9.17, 15) is 23.1 Å². The molecule has 0 bridgehead atoms. The van der Waals surface area contributed by atoms with Crippen molar-refractivity contribution in [3.05, 3.63) is 77.2 Å². The van der Waals surface area contributed by atoms with Crippen molar-refractivity contribution >= 4 is 17.2 Å². The van der Waals surface area contributed by atoms with Crippen molar-refractivity contribution in [1.82, 2.24) is 5.32 Å². The Morgan fingerprint density at radius 2 is 1.75 bits per heavy atom. The molecule has 0 saturated heterocycles. The molecule has 0 fully saturated rings. The van der Waals surface area contributed by atoms with Gasteiger partial charge in [0.2, 0.25) is 0 Å². The molecule has 1 atom stereocenters. The molecule has 4 nitrogen and oxygen atoms in total. The number of rotatable bonds is 6. The standard InChI is InChI=1S/C20H16F3NO3S/c21-20(22,23)27-16-9-7-15(8-10-16)19(26)24-12-17(25)13-3-5-14(6-4-13)18-2-1-11-28-18/h1-11,17,25H,12H2,(H,24,26). The van der Waals surface area contributed by atoms with Crippen LogP contribution in [0.1, 0.15) is 22.0 Å². The Labute approximate surface area is 163 Å². The van der Waals surface area contributed by atoms with E-state index in [1.165, 1.54) is 12.1 Å². The Bertz CT molecular complexity index is 907. The van der Waals surface area contributed by atoms with Crippen molar-refractivity contribution in [1.29, 1.82) is 0 Å². The Morgan fingerprint density at radius 1 is 1.07 bits per heavy atom. The zero-order valence-electron chi connectivity index (χ0n) is 14.4. The van der Waals surface area contributed by atoms with Crippen LogP contribution >= 0.6 is 11.3 Å². The minimum atomic E-state index is -4.78. The number of ether oxygens (including phenoxy) is 1. The predicted octanol–water partition coefficient (Wildman–Crippen LogP) is 4.78. The number of halogens is 3. The second kappa shape index (κ2) is 8.45. The number of thiophene rings is 1. The van der Waals surface area contributed by atoms with Crippen LogP contribution in [0.15, 0.2) is 66.0 Å². The topological polar surface area (TPSA) is 58.6 Å². The molecule has 3 aromatic rings. The molecular formula is C20H16F3NO3S. The molecule has 0 radical (unpaired) electrons. The van der Waals surface area contributed by atoms with Gasteiger partial charge in [-0.25, -0.2) is 0 Å². The van der Waals surface area contributed by atoms with Gasteiger partial charge in [0, 0.05) is 17.0 Å². The lowest BCUT2D eigenvalue weighted by Crippen LogP contribution is -2.28. The molecule has 1 unspecified atom stereocenters. The Balaban J connectivity index is 1.55. The average molecular weight is 407 g/mol. The molecule has 0 saturated carbocycles. The van der Waals surface area contributed by atoms with Crippen LogP contribution in [-0.4, -0.2) is 23.9 Å². The largest absolute Gasteiger partial charge is 0.573 e. The highest BCUT2D eigenvalue weighted by Crippen LogP contribution is 2.26. The van der Waals surface area contributed by atoms with E-state index in [0.717, 1.165) is 22.6 Å². The number of carbonyl (C=O) groups excluding carboxylic acids is 1. The number of aliphatic hydroxyl groups is 1. The van der Waals surface area contributed by atoms with Crippen LogP contribution in [-0.2, 0) is 0 Å². The molecule has 0 aliphatic heterocycles. The molecule has 8 heteroatoms. The summed E-state index contributed by atoms with van der Waals surface area (Å²) in [6, 6.07) is 15.9. The Morgan fingerprint density at radius 3 is 2.32 bits per heavy atom. The molecule has 1 heterocycles. The van der Waals surface area contributed by atoms with E-state index in [1.807, 2.05) is 29.6 Å². The molecule has 28 heavy (non-hydrogen) atoms. The van der Waals surface area contributed by atoms with Gasteiger partial charge in [-0.2, -0.15) is 0 Å². The summed E-state index contributed by atoms with van der Waals surface area (Å²) in [4.78, 5) is 13.2. The van der Waals surface area contributed by atoms with Crippen molar-refractivity contribution in [2.24, 2.45) is 0 Å². The Kier molecular flexibility index (Phi) is 6.01. The summed E-state index contributed by atoms with van der Waals surface area (Å²) in [7, 11) is 0. The highest BCUT2D eigenvalue weighted by molar-refractivity contribution is 7.13. The van der Waals surface area contributed by atoms with Crippen LogP contribution < -0.4 is 10.1 Å². The number of hydrogen-bond donors (Lipinski definition) is 2. The first-order chi connectivity index (χ1) is 13.3. The molecule has 0 aliphatic rings. The normalized spacial score (nSPS) is 12.4. The maximum Gasteiger partial charge on any atom is 0.573 e. The van der Waals surface area contributed by atoms with Gasteiger partial charge in [0.05, 0.1) is 6.10 Å². The maximum atomic E-state index is 12.1. The average Bonchev–Trinajstić information content (AvgIpc) is 3.20. The lowest BCUT2D eigenvalue weighted by molar-refractivity contribution is -0.274. The number of alkyl halides is 3. The van der Waals surface area contributed by atoms with E-state index in [-0.39, 0.29) is 12.1 Å². The second-order valence-electron chi connectivity index (χ2n) is 5.90. The molecule has 3 rings (SSSR count). The summed E-state index contributed by atoms with van der Waals surface area (Å²) in [6.07, 6.45) is -5.69. The summed E-state index contributed by atoms with van der Waals surface area (Å²) in [5.74, 6) is -0.914. The molecule has 0 spiro atoms. The van der Waals surface area contributed by atoms with Gasteiger partial charge in [-0.05, 0) is 46.8 Å². The minimum Gasteiger partial charge on any atom is -0.406 e. The number of aliphatic hydroxyl groups excluding tert-OH is 1. The van der Waals surface area contributed by atoms with Crippen molar-refractivity contribution in [2.45, 2.75) is 12.5 Å². The summed E-state index contributed by atoms with van der Waals surface area (Å²) >= 11 is 1.62. The highest BCUT2D eigenvalue weighted by Gasteiger charge is 2.31. The quantitative estimate of drug-likeness (QED) is 0.619. The summed E-state index contributed by atoms with van der Waals surface area (Å²) in [6.45, 7) is -0.0298. The van der Waals surface area contributed by atoms with Gasteiger partial charge in [-0.3, -0.25) is 4.79 Å². The van der Waals surface area contributed by atoms with E-state index in [2.05, 4.69) is 10.1 Å². The third-order valence-electron chi connectivity index (χ3n) is 3.91. The van der Waals surface area contributed by atoms with E-state index >= 15 is 0 Å². The van der Waals surface area contributed by atoms with Crippen LogP contribution in [0, 0.1) is 0 Å². The predicted molar refractivity (Wildman–Crippen MR) is 100 cm³/mol. The molecule has 2 N–H and O–H groups in total. The van der Waals surface area contributed by atoms with Crippen molar-refractivity contribution < 1.29 is 27.8 Å². The Hall–Kier alpha value is -2.84. The van der Waals surface area contributed by atoms with Crippen LogP contribution in [0.4, 0.5) is 13.2 Å². The SMILES string of the molecule is O=C(NCC(O)c1ccc(-c2cccs2)cc1)c1ccc(OC(F)(F)F)cc1. The van der Waals surface area contributed by atoms with Gasteiger partial charge < -0.3 is 15.2 Å². The first-order valence-electron chi connectivity index (χ1n) is 8.28. The van der Waals surface area contributed by atoms with Gasteiger partial charge >= 0.3 is 6.36 Å². The zero-order chi connectivity index (χ0) is 20.1. The van der Waals surface area contributed by atoms with Crippen LogP contribution in [0.2, 0.25) is 0 Å². The molecule has 146 valence electrons. The van der Waals surface area contributed by atoms with E-state index < -0.39 is 24.1 Å². The first-order valence-corrected chi connectivity index (χ1v) is 9.16. The van der Waals surface area contributed by atoms with E-state index in [4.69, 9.17) is 0 Å². The molecule has 0 aliphatic carbocycles. The molecule has 1 aromatic heterocycles. The van der Waals surface area contributed by atoms with Crippen molar-refractivity contribution in [3.8, 4) is 16.2 Å². The highest BCUT2D eigenvalue weighted by atomic mass is 32.1. The van der Waals surface area contributed by atoms with E-state index in [1.54, 1.807) is 23.5 Å². The number of carbonyl (C=O) groups is 1. The van der Waals surface area contributed by atoms with Gasteiger partial charge in [0.15, 0.2) is 0 Å². The lowest BCUT2D eigenvalue weighted by Gasteiger charge is -2.13. The molecule has 1 amide bonds. The van der Waals surface area contributed by atoms with Crippen LogP contribution in [0.5, 0.6) is 5.75 Å². The van der Waals surface area contributed by atoms with Gasteiger partial charge in [-0.1, -0.05) is 30.3 Å². The summed E-state index contributed by atoms with van der Waals surface area (Å²) in [5.41, 5.74) is 1.85. The van der Waals surface area contributed by atoms with Crippen molar-refractivity contribution in [3.63, 3.8) is 0 Å². The fourth-order valence-electron chi connectivity index (χ4n) is 2.53. The maximum absolute atomic E-state index is 12.1. The monoisotopic (exact) mass is 407 g/mol. The zero-order valence-corrected chi connectivity index (χ0v) is 15.3. The molecule has 2 aromatic carbocycles. The number of nitrogens with one attached hydrogen (secondary N) is 1. The summed E-state index contributed by atoms with van der Waals surface area (Å²) in [5, 5.41) is 14.8. The molecular weight excluding hydrogens is 391 g/mol. The number of hydrogen-bond acceptors (Lipinski definition) is 4. The minimum absolute atomic E-state index is 0.0298. The van der Waals surface area contributed by atoms with Crippen molar-refractivity contribution in [2.75, 3.05) is 6.54 Å². The smallest absolute Gasteiger partial charge is 0.406 e. The van der Waals surface area contributed by atoms with Gasteiger partial charge in [0.25, 0.3) is 5.91 Å². The van der Waals surface area contributed by atoms with E-state index in [0.29, 0.717) is 5.56 Å². The van der Waals surface area contributed by atoms with Crippen LogP contribution in [0.25, 0.3) is 10.4 Å². The van der Waals surface area contributed by atoms with Crippen LogP contribution in [0.3, 0.4) is 0 Å². The fraction of sp³-hybridized carbons (Fsp3) is 0.150. The summed E-state index contributed by atoms with van der Waals surface area (Å²) < 4.78 is 40.2.